The molecule has 2 aliphatic rings. The van der Waals surface area contributed by atoms with Gasteiger partial charge in [-0.3, -0.25) is 0 Å². The van der Waals surface area contributed by atoms with Crippen LogP contribution in [0.15, 0.2) is 24.3 Å². The molecule has 0 aromatic heterocycles. The molecule has 0 unspecified atom stereocenters. The van der Waals surface area contributed by atoms with Crippen molar-refractivity contribution in [3.05, 3.63) is 24.3 Å². The van der Waals surface area contributed by atoms with Gasteiger partial charge in [-0.1, -0.05) is 71.6 Å². The summed E-state index contributed by atoms with van der Waals surface area (Å²) in [4.78, 5) is 0. The van der Waals surface area contributed by atoms with Crippen LogP contribution in [0.4, 0.5) is 0 Å². The number of unbranched alkanes of at least 4 members (excludes halogenated alkanes) is 1. The van der Waals surface area contributed by atoms with Crippen molar-refractivity contribution >= 4 is 0 Å². The minimum atomic E-state index is 0.740. The lowest BCUT2D eigenvalue weighted by atomic mass is 9.78. The second-order valence-electron chi connectivity index (χ2n) is 9.93. The minimum absolute atomic E-state index is 0.740. The molecular formula is C27H44O2. The van der Waals surface area contributed by atoms with Crippen LogP contribution in [0.25, 0.3) is 0 Å². The van der Waals surface area contributed by atoms with Gasteiger partial charge in [0.1, 0.15) is 11.5 Å². The number of hydrogen-bond donors (Lipinski definition) is 0. The first-order valence-electron chi connectivity index (χ1n) is 12.6. The highest BCUT2D eigenvalue weighted by atomic mass is 16.5. The molecule has 0 heterocycles. The van der Waals surface area contributed by atoms with Crippen LogP contribution in [0.1, 0.15) is 97.3 Å². The zero-order chi connectivity index (χ0) is 20.3. The maximum absolute atomic E-state index is 6.02. The van der Waals surface area contributed by atoms with Crippen LogP contribution < -0.4 is 9.47 Å². The molecule has 2 aliphatic carbocycles. The summed E-state index contributed by atoms with van der Waals surface area (Å²) >= 11 is 0. The third-order valence-electron chi connectivity index (χ3n) is 7.40. The summed E-state index contributed by atoms with van der Waals surface area (Å²) in [5, 5.41) is 0. The first kappa shape index (κ1) is 22.5. The lowest BCUT2D eigenvalue weighted by Crippen LogP contribution is -2.18. The van der Waals surface area contributed by atoms with Gasteiger partial charge >= 0.3 is 0 Å². The zero-order valence-corrected chi connectivity index (χ0v) is 19.0. The van der Waals surface area contributed by atoms with Crippen LogP contribution in [0, 0.1) is 23.7 Å². The Balaban J connectivity index is 1.25. The molecule has 164 valence electrons. The quantitative estimate of drug-likeness (QED) is 0.350. The van der Waals surface area contributed by atoms with Crippen molar-refractivity contribution in [2.24, 2.45) is 23.7 Å². The maximum Gasteiger partial charge on any atom is 0.119 e. The monoisotopic (exact) mass is 400 g/mol. The largest absolute Gasteiger partial charge is 0.494 e. The van der Waals surface area contributed by atoms with Crippen molar-refractivity contribution in [2.45, 2.75) is 97.3 Å². The van der Waals surface area contributed by atoms with Crippen LogP contribution >= 0.6 is 0 Å². The standard InChI is InChI=1S/C27H44O2/c1-3-4-6-23-12-14-24(15-13-23)7-5-20-28-26-16-18-27(19-17-26)29-21-25-10-8-22(2)9-11-25/h16-19,22-25H,3-15,20-21H2,1-2H3. The van der Waals surface area contributed by atoms with Gasteiger partial charge in [-0.05, 0) is 73.6 Å². The Bertz CT molecular complexity index is 536. The van der Waals surface area contributed by atoms with E-state index in [4.69, 9.17) is 9.47 Å². The van der Waals surface area contributed by atoms with Crippen molar-refractivity contribution in [3.63, 3.8) is 0 Å². The molecule has 0 radical (unpaired) electrons. The summed E-state index contributed by atoms with van der Waals surface area (Å²) in [6.07, 6.45) is 17.9. The summed E-state index contributed by atoms with van der Waals surface area (Å²) in [5.41, 5.74) is 0. The molecule has 1 aromatic rings. The Morgan fingerprint density at radius 2 is 1.21 bits per heavy atom. The van der Waals surface area contributed by atoms with Gasteiger partial charge in [-0.25, -0.2) is 0 Å². The predicted octanol–water partition coefficient (Wildman–Crippen LogP) is 8.05. The van der Waals surface area contributed by atoms with E-state index in [0.29, 0.717) is 0 Å². The van der Waals surface area contributed by atoms with Crippen LogP contribution in [0.2, 0.25) is 0 Å². The second kappa shape index (κ2) is 12.5. The molecule has 3 rings (SSSR count). The van der Waals surface area contributed by atoms with Gasteiger partial charge in [0.15, 0.2) is 0 Å². The van der Waals surface area contributed by atoms with E-state index in [2.05, 4.69) is 38.1 Å². The van der Waals surface area contributed by atoms with Crippen LogP contribution in [0.3, 0.4) is 0 Å². The molecule has 0 spiro atoms. The molecule has 2 saturated carbocycles. The molecular weight excluding hydrogens is 356 g/mol. The van der Waals surface area contributed by atoms with Crippen LogP contribution in [-0.2, 0) is 0 Å². The van der Waals surface area contributed by atoms with E-state index in [1.165, 1.54) is 83.5 Å². The van der Waals surface area contributed by atoms with Gasteiger partial charge in [0, 0.05) is 0 Å². The van der Waals surface area contributed by atoms with Crippen molar-refractivity contribution in [2.75, 3.05) is 13.2 Å². The van der Waals surface area contributed by atoms with Gasteiger partial charge in [0.2, 0.25) is 0 Å². The number of ether oxygens (including phenoxy) is 2. The van der Waals surface area contributed by atoms with Crippen molar-refractivity contribution in [1.29, 1.82) is 0 Å². The fraction of sp³-hybridized carbons (Fsp3) is 0.778. The average molecular weight is 401 g/mol. The van der Waals surface area contributed by atoms with E-state index in [1.54, 1.807) is 0 Å². The van der Waals surface area contributed by atoms with Gasteiger partial charge in [0.05, 0.1) is 13.2 Å². The van der Waals surface area contributed by atoms with E-state index < -0.39 is 0 Å². The molecule has 1 aromatic carbocycles. The molecule has 0 N–H and O–H groups in total. The molecule has 0 atom stereocenters. The first-order valence-corrected chi connectivity index (χ1v) is 12.6. The maximum atomic E-state index is 6.02. The fourth-order valence-corrected chi connectivity index (χ4v) is 5.21. The molecule has 0 bridgehead atoms. The highest BCUT2D eigenvalue weighted by molar-refractivity contribution is 5.31. The summed E-state index contributed by atoms with van der Waals surface area (Å²) in [6, 6.07) is 8.27. The Kier molecular flexibility index (Phi) is 9.70. The van der Waals surface area contributed by atoms with Crippen LogP contribution in [0.5, 0.6) is 11.5 Å². The van der Waals surface area contributed by atoms with E-state index in [9.17, 15) is 0 Å². The van der Waals surface area contributed by atoms with Gasteiger partial charge in [0.25, 0.3) is 0 Å². The number of benzene rings is 1. The highest BCUT2D eigenvalue weighted by Crippen LogP contribution is 2.34. The third kappa shape index (κ3) is 8.22. The zero-order valence-electron chi connectivity index (χ0n) is 19.0. The van der Waals surface area contributed by atoms with E-state index in [1.807, 2.05) is 0 Å². The normalized spacial score (nSPS) is 27.5. The van der Waals surface area contributed by atoms with Gasteiger partial charge in [-0.15, -0.1) is 0 Å². The fourth-order valence-electron chi connectivity index (χ4n) is 5.21. The second-order valence-corrected chi connectivity index (χ2v) is 9.93. The Morgan fingerprint density at radius 3 is 1.79 bits per heavy atom. The number of rotatable bonds is 11. The van der Waals surface area contributed by atoms with Crippen molar-refractivity contribution < 1.29 is 9.47 Å². The molecule has 2 heteroatoms. The molecule has 0 amide bonds. The molecule has 29 heavy (non-hydrogen) atoms. The van der Waals surface area contributed by atoms with E-state index >= 15 is 0 Å². The number of hydrogen-bond acceptors (Lipinski definition) is 2. The summed E-state index contributed by atoms with van der Waals surface area (Å²) in [7, 11) is 0. The molecule has 0 aliphatic heterocycles. The lowest BCUT2D eigenvalue weighted by molar-refractivity contribution is 0.188. The smallest absolute Gasteiger partial charge is 0.119 e. The average Bonchev–Trinajstić information content (AvgIpc) is 2.76. The van der Waals surface area contributed by atoms with Gasteiger partial charge in [-0.2, -0.15) is 0 Å². The Morgan fingerprint density at radius 1 is 0.690 bits per heavy atom. The topological polar surface area (TPSA) is 18.5 Å². The highest BCUT2D eigenvalue weighted by Gasteiger charge is 2.20. The Labute approximate surface area is 179 Å². The van der Waals surface area contributed by atoms with E-state index in [0.717, 1.165) is 48.4 Å². The van der Waals surface area contributed by atoms with Crippen molar-refractivity contribution in [3.8, 4) is 11.5 Å². The first-order chi connectivity index (χ1) is 14.2. The minimum Gasteiger partial charge on any atom is -0.494 e. The predicted molar refractivity (Wildman–Crippen MR) is 123 cm³/mol. The lowest BCUT2D eigenvalue weighted by Gasteiger charge is -2.28. The summed E-state index contributed by atoms with van der Waals surface area (Å²) < 4.78 is 12.0. The van der Waals surface area contributed by atoms with E-state index in [-0.39, 0.29) is 0 Å². The third-order valence-corrected chi connectivity index (χ3v) is 7.40. The van der Waals surface area contributed by atoms with Gasteiger partial charge < -0.3 is 9.47 Å². The Hall–Kier alpha value is -1.18. The molecule has 2 nitrogen and oxygen atoms in total. The summed E-state index contributed by atoms with van der Waals surface area (Å²) in [5.74, 6) is 5.56. The molecule has 2 fully saturated rings. The van der Waals surface area contributed by atoms with Crippen LogP contribution in [-0.4, -0.2) is 13.2 Å². The molecule has 0 saturated heterocycles. The summed E-state index contributed by atoms with van der Waals surface area (Å²) in [6.45, 7) is 6.39. The SMILES string of the molecule is CCCCC1CCC(CCCOc2ccc(OCC3CCC(C)CC3)cc2)CC1. The van der Waals surface area contributed by atoms with Crippen molar-refractivity contribution in [1.82, 2.24) is 0 Å².